The lowest BCUT2D eigenvalue weighted by Gasteiger charge is -2.35. The molecule has 0 aliphatic carbocycles. The van der Waals surface area contributed by atoms with Gasteiger partial charge in [0, 0.05) is 43.0 Å². The molecule has 4 aromatic rings. The van der Waals surface area contributed by atoms with E-state index in [2.05, 4.69) is 33.3 Å². The number of phenolic OH excluding ortho intramolecular Hbond substituents is 1. The molecule has 4 fully saturated rings. The van der Waals surface area contributed by atoms with Crippen LogP contribution in [0.3, 0.4) is 0 Å². The number of anilines is 1. The fourth-order valence-corrected chi connectivity index (χ4v) is 7.73. The molecule has 6 heterocycles. The zero-order valence-electron chi connectivity index (χ0n) is 22.3. The molecule has 2 aromatic carbocycles. The van der Waals surface area contributed by atoms with Crippen LogP contribution >= 0.6 is 0 Å². The van der Waals surface area contributed by atoms with Crippen LogP contribution < -0.4 is 15.0 Å². The number of nitrogens with one attached hydrogen (secondary N) is 1. The van der Waals surface area contributed by atoms with Crippen molar-refractivity contribution < 1.29 is 9.84 Å². The van der Waals surface area contributed by atoms with E-state index in [0.29, 0.717) is 24.6 Å². The van der Waals surface area contributed by atoms with Crippen LogP contribution in [0.4, 0.5) is 5.69 Å². The minimum Gasteiger partial charge on any atom is -0.508 e. The number of aromatic nitrogens is 2. The maximum Gasteiger partial charge on any atom is 0.216 e. The van der Waals surface area contributed by atoms with Gasteiger partial charge in [0.1, 0.15) is 17.9 Å². The molecule has 2 bridgehead atoms. The first-order chi connectivity index (χ1) is 19.1. The van der Waals surface area contributed by atoms with Crippen LogP contribution in [0.25, 0.3) is 32.9 Å². The molecular formula is C32H35N5O2. The lowest BCUT2D eigenvalue weighted by Crippen LogP contribution is -2.51. The Morgan fingerprint density at radius 1 is 1.00 bits per heavy atom. The number of aromatic hydroxyl groups is 1. The molecule has 4 aliphatic heterocycles. The van der Waals surface area contributed by atoms with Gasteiger partial charge in [0.05, 0.1) is 16.7 Å². The first kappa shape index (κ1) is 23.5. The van der Waals surface area contributed by atoms with Gasteiger partial charge < -0.3 is 20.1 Å². The Hall–Kier alpha value is -3.42. The van der Waals surface area contributed by atoms with Crippen LogP contribution in [0.5, 0.6) is 11.6 Å². The summed E-state index contributed by atoms with van der Waals surface area (Å²) >= 11 is 0. The van der Waals surface area contributed by atoms with Crippen molar-refractivity contribution in [1.82, 2.24) is 20.2 Å². The topological polar surface area (TPSA) is 73.8 Å². The number of fused-ring (bicyclic) bond motifs is 5. The Morgan fingerprint density at radius 2 is 1.79 bits per heavy atom. The zero-order chi connectivity index (χ0) is 26.0. The van der Waals surface area contributed by atoms with Gasteiger partial charge in [-0.05, 0) is 86.1 Å². The summed E-state index contributed by atoms with van der Waals surface area (Å²) in [7, 11) is 0. The monoisotopic (exact) mass is 521 g/mol. The number of hydrogen-bond acceptors (Lipinski definition) is 7. The summed E-state index contributed by atoms with van der Waals surface area (Å²) in [5.74, 6) is 0.944. The minimum absolute atomic E-state index is 0.172. The minimum atomic E-state index is 0.172. The molecule has 39 heavy (non-hydrogen) atoms. The van der Waals surface area contributed by atoms with Gasteiger partial charge in [-0.1, -0.05) is 24.3 Å². The number of pyridine rings is 2. The third-order valence-electron chi connectivity index (χ3n) is 9.62. The quantitative estimate of drug-likeness (QED) is 0.378. The maximum absolute atomic E-state index is 10.5. The van der Waals surface area contributed by atoms with E-state index < -0.39 is 0 Å². The molecule has 8 rings (SSSR count). The first-order valence-electron chi connectivity index (χ1n) is 14.6. The summed E-state index contributed by atoms with van der Waals surface area (Å²) in [6.07, 6.45) is 9.33. The van der Waals surface area contributed by atoms with Crippen LogP contribution in [0.15, 0.2) is 54.7 Å². The van der Waals surface area contributed by atoms with Crippen molar-refractivity contribution >= 4 is 27.5 Å². The smallest absolute Gasteiger partial charge is 0.216 e. The van der Waals surface area contributed by atoms with E-state index in [4.69, 9.17) is 14.7 Å². The summed E-state index contributed by atoms with van der Waals surface area (Å²) in [6.45, 7) is 5.03. The lowest BCUT2D eigenvalue weighted by molar-refractivity contribution is 0.111. The molecule has 4 aliphatic rings. The van der Waals surface area contributed by atoms with Crippen molar-refractivity contribution in [3.05, 3.63) is 54.7 Å². The highest BCUT2D eigenvalue weighted by Crippen LogP contribution is 2.40. The average molecular weight is 522 g/mol. The lowest BCUT2D eigenvalue weighted by atomic mass is 9.95. The molecule has 7 heteroatoms. The molecule has 7 nitrogen and oxygen atoms in total. The Morgan fingerprint density at radius 3 is 2.62 bits per heavy atom. The standard InChI is InChI=1S/C32H35N5O2/c38-25-13-21-5-1-2-6-26(21)27(15-25)22-14-28-31(33-17-22)29(36-18-23-7-8-24(19-36)34-23)16-30(35-28)39-20-32-9-3-11-37(32)12-4-10-32/h1-2,5-6,13-17,23-24,34,38H,3-4,7-12,18-20H2. The summed E-state index contributed by atoms with van der Waals surface area (Å²) < 4.78 is 6.58. The molecule has 200 valence electrons. The van der Waals surface area contributed by atoms with E-state index in [1.807, 2.05) is 36.5 Å². The third-order valence-corrected chi connectivity index (χ3v) is 9.62. The number of rotatable bonds is 5. The Balaban J connectivity index is 1.22. The zero-order valence-corrected chi connectivity index (χ0v) is 22.3. The highest BCUT2D eigenvalue weighted by atomic mass is 16.5. The van der Waals surface area contributed by atoms with Gasteiger partial charge in [-0.25, -0.2) is 4.98 Å². The van der Waals surface area contributed by atoms with Crippen molar-refractivity contribution in [2.24, 2.45) is 0 Å². The van der Waals surface area contributed by atoms with Crippen LogP contribution in [-0.2, 0) is 0 Å². The van der Waals surface area contributed by atoms with Crippen LogP contribution in [0.1, 0.15) is 38.5 Å². The number of nitrogens with zero attached hydrogens (tertiary/aromatic N) is 4. The number of phenols is 1. The van der Waals surface area contributed by atoms with Crippen molar-refractivity contribution in [1.29, 1.82) is 0 Å². The predicted molar refractivity (Wildman–Crippen MR) is 155 cm³/mol. The van der Waals surface area contributed by atoms with Gasteiger partial charge in [0.25, 0.3) is 0 Å². The van der Waals surface area contributed by atoms with Crippen molar-refractivity contribution in [2.45, 2.75) is 56.1 Å². The van der Waals surface area contributed by atoms with E-state index in [1.54, 1.807) is 0 Å². The average Bonchev–Trinajstić information content (AvgIpc) is 3.64. The van der Waals surface area contributed by atoms with Gasteiger partial charge in [0.2, 0.25) is 5.88 Å². The van der Waals surface area contributed by atoms with E-state index in [9.17, 15) is 5.11 Å². The molecule has 4 saturated heterocycles. The molecule has 0 amide bonds. The van der Waals surface area contributed by atoms with Crippen molar-refractivity contribution in [2.75, 3.05) is 37.7 Å². The number of hydrogen-bond donors (Lipinski definition) is 2. The van der Waals surface area contributed by atoms with Gasteiger partial charge in [-0.3, -0.25) is 9.88 Å². The number of piperazine rings is 1. The highest BCUT2D eigenvalue weighted by molar-refractivity contribution is 6.00. The third kappa shape index (κ3) is 4.02. The van der Waals surface area contributed by atoms with Crippen LogP contribution in [0, 0.1) is 0 Å². The predicted octanol–water partition coefficient (Wildman–Crippen LogP) is 5.10. The Kier molecular flexibility index (Phi) is 5.46. The van der Waals surface area contributed by atoms with Gasteiger partial charge in [0.15, 0.2) is 0 Å². The molecule has 2 unspecified atom stereocenters. The maximum atomic E-state index is 10.5. The summed E-state index contributed by atoms with van der Waals surface area (Å²) in [5, 5.41) is 16.3. The molecule has 2 N–H and O–H groups in total. The first-order valence-corrected chi connectivity index (χ1v) is 14.6. The molecule has 0 radical (unpaired) electrons. The van der Waals surface area contributed by atoms with Gasteiger partial charge in [-0.2, -0.15) is 0 Å². The largest absolute Gasteiger partial charge is 0.508 e. The fourth-order valence-electron chi connectivity index (χ4n) is 7.73. The summed E-state index contributed by atoms with van der Waals surface area (Å²) in [6, 6.07) is 17.1. The number of ether oxygens (including phenoxy) is 1. The van der Waals surface area contributed by atoms with Gasteiger partial charge >= 0.3 is 0 Å². The molecular weight excluding hydrogens is 486 g/mol. The summed E-state index contributed by atoms with van der Waals surface area (Å²) in [4.78, 5) is 15.2. The van der Waals surface area contributed by atoms with Crippen LogP contribution in [0.2, 0.25) is 0 Å². The second kappa shape index (κ2) is 9.07. The van der Waals surface area contributed by atoms with Gasteiger partial charge in [-0.15, -0.1) is 0 Å². The van der Waals surface area contributed by atoms with E-state index in [0.717, 1.165) is 51.7 Å². The molecule has 0 spiro atoms. The Labute approximate surface area is 228 Å². The molecule has 0 saturated carbocycles. The number of benzene rings is 2. The molecule has 2 aromatic heterocycles. The second-order valence-corrected chi connectivity index (χ2v) is 12.0. The summed E-state index contributed by atoms with van der Waals surface area (Å²) in [5.41, 5.74) is 4.95. The van der Waals surface area contributed by atoms with E-state index in [-0.39, 0.29) is 11.3 Å². The van der Waals surface area contributed by atoms with Crippen molar-refractivity contribution in [3.8, 4) is 22.8 Å². The van der Waals surface area contributed by atoms with E-state index in [1.165, 1.54) is 51.6 Å². The molecule has 2 atom stereocenters. The normalized spacial score (nSPS) is 24.1. The van der Waals surface area contributed by atoms with E-state index >= 15 is 0 Å². The van der Waals surface area contributed by atoms with Crippen LogP contribution in [-0.4, -0.2) is 70.4 Å². The Bertz CT molecular complexity index is 1550. The highest BCUT2D eigenvalue weighted by Gasteiger charge is 2.45. The fraction of sp³-hybridized carbons (Fsp3) is 0.438. The van der Waals surface area contributed by atoms with Crippen molar-refractivity contribution in [3.63, 3.8) is 0 Å². The second-order valence-electron chi connectivity index (χ2n) is 12.0. The SMILES string of the molecule is Oc1cc(-c2cnc3c(N4CC5CCC(C4)N5)cc(OCC45CCCN4CCC5)nc3c2)c2ccccc2c1.